The lowest BCUT2D eigenvalue weighted by molar-refractivity contribution is 0.0717. The van der Waals surface area contributed by atoms with E-state index in [-0.39, 0.29) is 23.7 Å². The third-order valence-corrected chi connectivity index (χ3v) is 3.65. The molecule has 1 aliphatic rings. The van der Waals surface area contributed by atoms with Crippen molar-refractivity contribution >= 4 is 5.78 Å². The molecule has 0 heterocycles. The van der Waals surface area contributed by atoms with Crippen LogP contribution in [0.25, 0.3) is 0 Å². The largest absolute Gasteiger partial charge is 0.393 e. The Hall–Kier alpha value is -1.15. The summed E-state index contributed by atoms with van der Waals surface area (Å²) >= 11 is 0. The van der Waals surface area contributed by atoms with E-state index < -0.39 is 0 Å². The Balaban J connectivity index is 2.10. The molecule has 3 atom stereocenters. The first kappa shape index (κ1) is 11.3. The summed E-state index contributed by atoms with van der Waals surface area (Å²) in [7, 11) is 0. The average Bonchev–Trinajstić information content (AvgIpc) is 2.75. The molecule has 86 valence electrons. The molecule has 16 heavy (non-hydrogen) atoms. The van der Waals surface area contributed by atoms with Gasteiger partial charge in [0.25, 0.3) is 0 Å². The Labute approximate surface area is 96.3 Å². The second-order valence-electron chi connectivity index (χ2n) is 4.68. The lowest BCUT2D eigenvalue weighted by Gasteiger charge is -2.21. The van der Waals surface area contributed by atoms with E-state index in [0.29, 0.717) is 0 Å². The van der Waals surface area contributed by atoms with E-state index in [1.54, 1.807) is 0 Å². The minimum atomic E-state index is -0.289. The average molecular weight is 218 g/mol. The van der Waals surface area contributed by atoms with Gasteiger partial charge in [0, 0.05) is 11.5 Å². The van der Waals surface area contributed by atoms with Crippen molar-refractivity contribution in [2.45, 2.75) is 32.3 Å². The number of rotatable bonds is 3. The number of ketones is 1. The van der Waals surface area contributed by atoms with Crippen molar-refractivity contribution in [3.8, 4) is 0 Å². The maximum Gasteiger partial charge on any atom is 0.166 e. The van der Waals surface area contributed by atoms with Crippen LogP contribution in [0.2, 0.25) is 0 Å². The number of hydrogen-bond donors (Lipinski definition) is 1. The highest BCUT2D eigenvalue weighted by molar-refractivity contribution is 5.97. The van der Waals surface area contributed by atoms with E-state index in [9.17, 15) is 9.90 Å². The number of carbonyl (C=O) groups is 1. The van der Waals surface area contributed by atoms with E-state index in [0.717, 1.165) is 24.8 Å². The highest BCUT2D eigenvalue weighted by atomic mass is 16.3. The quantitative estimate of drug-likeness (QED) is 0.792. The number of benzene rings is 1. The lowest BCUT2D eigenvalue weighted by Crippen LogP contribution is -2.27. The predicted octanol–water partition coefficient (Wildman–Crippen LogP) is 2.67. The molecule has 2 rings (SSSR count). The van der Waals surface area contributed by atoms with Crippen LogP contribution in [0.5, 0.6) is 0 Å². The van der Waals surface area contributed by atoms with E-state index in [4.69, 9.17) is 0 Å². The zero-order chi connectivity index (χ0) is 11.5. The summed E-state index contributed by atoms with van der Waals surface area (Å²) < 4.78 is 0. The first-order valence-electron chi connectivity index (χ1n) is 5.97. The smallest absolute Gasteiger partial charge is 0.166 e. The van der Waals surface area contributed by atoms with E-state index in [2.05, 4.69) is 0 Å². The fraction of sp³-hybridized carbons (Fsp3) is 0.500. The Bertz CT molecular complexity index is 358. The van der Waals surface area contributed by atoms with Crippen LogP contribution in [0, 0.1) is 11.8 Å². The summed E-state index contributed by atoms with van der Waals surface area (Å²) in [5.74, 6) is 0.235. The molecule has 0 bridgehead atoms. The van der Waals surface area contributed by atoms with Crippen molar-refractivity contribution in [1.82, 2.24) is 0 Å². The number of hydrogen-bond acceptors (Lipinski definition) is 2. The zero-order valence-corrected chi connectivity index (χ0v) is 9.60. The van der Waals surface area contributed by atoms with Crippen molar-refractivity contribution in [2.24, 2.45) is 11.8 Å². The maximum atomic E-state index is 12.2. The first-order chi connectivity index (χ1) is 7.70. The second-order valence-corrected chi connectivity index (χ2v) is 4.68. The Morgan fingerprint density at radius 3 is 2.56 bits per heavy atom. The van der Waals surface area contributed by atoms with Gasteiger partial charge in [-0.1, -0.05) is 43.7 Å². The number of aliphatic hydroxyl groups excluding tert-OH is 1. The fourth-order valence-corrected chi connectivity index (χ4v) is 2.61. The van der Waals surface area contributed by atoms with Crippen molar-refractivity contribution < 1.29 is 9.90 Å². The van der Waals surface area contributed by atoms with Gasteiger partial charge in [0.05, 0.1) is 6.10 Å². The van der Waals surface area contributed by atoms with Crippen molar-refractivity contribution in [3.63, 3.8) is 0 Å². The molecule has 0 spiro atoms. The van der Waals surface area contributed by atoms with Crippen LogP contribution in [-0.2, 0) is 0 Å². The topological polar surface area (TPSA) is 37.3 Å². The minimum absolute atomic E-state index is 0.0695. The van der Waals surface area contributed by atoms with Gasteiger partial charge in [0.2, 0.25) is 0 Å². The van der Waals surface area contributed by atoms with Crippen molar-refractivity contribution in [3.05, 3.63) is 35.9 Å². The molecule has 1 fully saturated rings. The molecule has 0 radical (unpaired) electrons. The van der Waals surface area contributed by atoms with Gasteiger partial charge in [-0.15, -0.1) is 0 Å². The molecule has 1 aromatic carbocycles. The normalized spacial score (nSPS) is 26.6. The molecule has 2 nitrogen and oxygen atoms in total. The molecule has 1 aromatic rings. The fourth-order valence-electron chi connectivity index (χ4n) is 2.61. The zero-order valence-electron chi connectivity index (χ0n) is 9.60. The molecular weight excluding hydrogens is 200 g/mol. The number of carbonyl (C=O) groups excluding carboxylic acids is 1. The van der Waals surface area contributed by atoms with Crippen LogP contribution in [0.15, 0.2) is 30.3 Å². The third-order valence-electron chi connectivity index (χ3n) is 3.65. The highest BCUT2D eigenvalue weighted by Gasteiger charge is 2.33. The summed E-state index contributed by atoms with van der Waals surface area (Å²) in [6.07, 6.45) is 2.57. The van der Waals surface area contributed by atoms with Crippen LogP contribution in [-0.4, -0.2) is 17.0 Å². The number of Topliss-reactive ketones (excluding diaryl/α,β-unsaturated/α-hetero) is 1. The van der Waals surface area contributed by atoms with Gasteiger partial charge in [0.15, 0.2) is 5.78 Å². The van der Waals surface area contributed by atoms with Crippen LogP contribution in [0.3, 0.4) is 0 Å². The molecule has 1 N–H and O–H groups in total. The molecule has 0 aliphatic heterocycles. The van der Waals surface area contributed by atoms with Gasteiger partial charge in [-0.3, -0.25) is 4.79 Å². The Kier molecular flexibility index (Phi) is 3.39. The lowest BCUT2D eigenvalue weighted by atomic mass is 9.85. The summed E-state index contributed by atoms with van der Waals surface area (Å²) in [5, 5.41) is 9.80. The molecule has 1 saturated carbocycles. The molecule has 0 aromatic heterocycles. The maximum absolute atomic E-state index is 12.2. The van der Waals surface area contributed by atoms with E-state index >= 15 is 0 Å². The summed E-state index contributed by atoms with van der Waals surface area (Å²) in [6, 6.07) is 9.36. The number of aliphatic hydroxyl groups is 1. The summed E-state index contributed by atoms with van der Waals surface area (Å²) in [4.78, 5) is 12.2. The van der Waals surface area contributed by atoms with Gasteiger partial charge >= 0.3 is 0 Å². The van der Waals surface area contributed by atoms with Gasteiger partial charge in [0.1, 0.15) is 0 Å². The standard InChI is InChI=1S/C14H18O2/c1-10(12-8-5-9-13(12)15)14(16)11-6-3-2-4-7-11/h2-4,6-7,10,12-13,15H,5,8-9H2,1H3. The molecule has 0 amide bonds. The second kappa shape index (κ2) is 4.79. The summed E-state index contributed by atoms with van der Waals surface area (Å²) in [5.41, 5.74) is 0.758. The Morgan fingerprint density at radius 1 is 1.31 bits per heavy atom. The van der Waals surface area contributed by atoms with E-state index in [1.165, 1.54) is 0 Å². The molecule has 0 saturated heterocycles. The molecule has 2 heteroatoms. The SMILES string of the molecule is CC(C(=O)c1ccccc1)C1CCCC1O. The van der Waals surface area contributed by atoms with Crippen LogP contribution in [0.4, 0.5) is 0 Å². The Morgan fingerprint density at radius 2 is 2.00 bits per heavy atom. The van der Waals surface area contributed by atoms with Crippen LogP contribution >= 0.6 is 0 Å². The van der Waals surface area contributed by atoms with Crippen molar-refractivity contribution in [2.75, 3.05) is 0 Å². The highest BCUT2D eigenvalue weighted by Crippen LogP contribution is 2.33. The van der Waals surface area contributed by atoms with E-state index in [1.807, 2.05) is 37.3 Å². The first-order valence-corrected chi connectivity index (χ1v) is 5.97. The molecule has 1 aliphatic carbocycles. The monoisotopic (exact) mass is 218 g/mol. The minimum Gasteiger partial charge on any atom is -0.393 e. The van der Waals surface area contributed by atoms with Gasteiger partial charge < -0.3 is 5.11 Å². The van der Waals surface area contributed by atoms with Gasteiger partial charge in [-0.25, -0.2) is 0 Å². The van der Waals surface area contributed by atoms with Crippen LogP contribution < -0.4 is 0 Å². The molecule has 3 unspecified atom stereocenters. The third kappa shape index (κ3) is 2.17. The van der Waals surface area contributed by atoms with Crippen molar-refractivity contribution in [1.29, 1.82) is 0 Å². The van der Waals surface area contributed by atoms with Gasteiger partial charge in [-0.05, 0) is 18.8 Å². The summed E-state index contributed by atoms with van der Waals surface area (Å²) in [6.45, 7) is 1.94. The van der Waals surface area contributed by atoms with Crippen LogP contribution in [0.1, 0.15) is 36.5 Å². The van der Waals surface area contributed by atoms with Gasteiger partial charge in [-0.2, -0.15) is 0 Å². The predicted molar refractivity (Wildman–Crippen MR) is 63.3 cm³/mol. The molecular formula is C14H18O2.